The lowest BCUT2D eigenvalue weighted by atomic mass is 10.5. The Balaban J connectivity index is 2.15. The van der Waals surface area contributed by atoms with Crippen molar-refractivity contribution in [3.05, 3.63) is 5.82 Å². The van der Waals surface area contributed by atoms with E-state index in [2.05, 4.69) is 27.5 Å². The van der Waals surface area contributed by atoms with E-state index >= 15 is 0 Å². The number of aryl methyl sites for hydroxylation is 1. The van der Waals surface area contributed by atoms with Gasteiger partial charge in [-0.25, -0.2) is 0 Å². The molecule has 5 heteroatoms. The molecule has 1 aromatic heterocycles. The first-order valence-electron chi connectivity index (χ1n) is 3.23. The highest BCUT2D eigenvalue weighted by Gasteiger charge is 1.95. The molecule has 1 heterocycles. The number of hydrogen-bond donors (Lipinski definition) is 1. The van der Waals surface area contributed by atoms with Gasteiger partial charge in [0.15, 0.2) is 5.82 Å². The van der Waals surface area contributed by atoms with Gasteiger partial charge in [0, 0.05) is 12.2 Å². The molecule has 4 nitrogen and oxygen atoms in total. The lowest BCUT2D eigenvalue weighted by molar-refractivity contribution is 0.881. The minimum atomic E-state index is 0.806. The molecule has 0 spiro atoms. The van der Waals surface area contributed by atoms with Crippen LogP contribution in [0.4, 0.5) is 0 Å². The normalized spacial score (nSPS) is 10.1. The highest BCUT2D eigenvalue weighted by atomic mass is 32.2. The van der Waals surface area contributed by atoms with Crippen molar-refractivity contribution in [3.8, 4) is 0 Å². The van der Waals surface area contributed by atoms with Gasteiger partial charge in [-0.2, -0.15) is 17.0 Å². The third-order valence-electron chi connectivity index (χ3n) is 1.06. The van der Waals surface area contributed by atoms with Gasteiger partial charge in [-0.05, 0) is 5.75 Å². The summed E-state index contributed by atoms with van der Waals surface area (Å²) < 4.78 is 0. The fourth-order valence-electron chi connectivity index (χ4n) is 0.596. The van der Waals surface area contributed by atoms with Crippen LogP contribution in [-0.4, -0.2) is 32.1 Å². The zero-order valence-electron chi connectivity index (χ0n) is 5.87. The summed E-state index contributed by atoms with van der Waals surface area (Å²) in [5.41, 5.74) is 0. The van der Waals surface area contributed by atoms with Crippen LogP contribution in [0.3, 0.4) is 0 Å². The molecule has 0 fully saturated rings. The van der Waals surface area contributed by atoms with Crippen LogP contribution in [0.5, 0.6) is 0 Å². The zero-order valence-corrected chi connectivity index (χ0v) is 6.69. The molecule has 0 bridgehead atoms. The van der Waals surface area contributed by atoms with Crippen molar-refractivity contribution < 1.29 is 0 Å². The minimum Gasteiger partial charge on any atom is -0.177 e. The molecule has 0 atom stereocenters. The molecule has 0 aliphatic rings. The predicted octanol–water partition coefficient (Wildman–Crippen LogP) is 0.495. The molecule has 0 unspecified atom stereocenters. The van der Waals surface area contributed by atoms with Crippen LogP contribution in [0.1, 0.15) is 12.7 Å². The Morgan fingerprint density at radius 2 is 2.50 bits per heavy atom. The summed E-state index contributed by atoms with van der Waals surface area (Å²) in [6, 6.07) is 0. The molecule has 1 aromatic rings. The van der Waals surface area contributed by atoms with Crippen LogP contribution < -0.4 is 0 Å². The average Bonchev–Trinajstić information content (AvgIpc) is 2.41. The summed E-state index contributed by atoms with van der Waals surface area (Å²) in [5, 5.41) is 13.5. The summed E-state index contributed by atoms with van der Waals surface area (Å²) >= 11 is 1.88. The number of nitrogens with zero attached hydrogens (tertiary/aromatic N) is 3. The minimum absolute atomic E-state index is 0.806. The molecule has 0 saturated carbocycles. The van der Waals surface area contributed by atoms with Crippen molar-refractivity contribution in [1.82, 2.24) is 20.6 Å². The average molecular weight is 158 g/mol. The van der Waals surface area contributed by atoms with Crippen molar-refractivity contribution in [1.29, 1.82) is 0 Å². The molecule has 0 aromatic carbocycles. The van der Waals surface area contributed by atoms with Crippen molar-refractivity contribution >= 4 is 11.8 Å². The Bertz CT molecular complexity index is 162. The molecule has 0 aliphatic heterocycles. The highest BCUT2D eigenvalue weighted by molar-refractivity contribution is 7.99. The Labute approximate surface area is 63.8 Å². The molecule has 0 radical (unpaired) electrons. The smallest absolute Gasteiger partial charge is 0.175 e. The van der Waals surface area contributed by atoms with E-state index in [-0.39, 0.29) is 0 Å². The Morgan fingerprint density at radius 1 is 1.60 bits per heavy atom. The Hall–Kier alpha value is -0.580. The quantitative estimate of drug-likeness (QED) is 0.648. The van der Waals surface area contributed by atoms with Crippen LogP contribution in [-0.2, 0) is 6.42 Å². The lowest BCUT2D eigenvalue weighted by Gasteiger charge is -1.90. The van der Waals surface area contributed by atoms with Gasteiger partial charge >= 0.3 is 0 Å². The Morgan fingerprint density at radius 3 is 3.10 bits per heavy atom. The lowest BCUT2D eigenvalue weighted by Crippen LogP contribution is -1.91. The van der Waals surface area contributed by atoms with Crippen molar-refractivity contribution in [3.63, 3.8) is 0 Å². The van der Waals surface area contributed by atoms with E-state index in [1.54, 1.807) is 0 Å². The van der Waals surface area contributed by atoms with E-state index in [4.69, 9.17) is 0 Å². The molecule has 0 saturated heterocycles. The Kier molecular flexibility index (Phi) is 3.21. The molecule has 56 valence electrons. The third-order valence-corrected chi connectivity index (χ3v) is 1.96. The number of rotatable bonds is 4. The number of H-pyrrole nitrogens is 1. The fraction of sp³-hybridized carbons (Fsp3) is 0.800. The second-order valence-electron chi connectivity index (χ2n) is 1.77. The first-order chi connectivity index (χ1) is 4.93. The van der Waals surface area contributed by atoms with E-state index < -0.39 is 0 Å². The second kappa shape index (κ2) is 4.27. The van der Waals surface area contributed by atoms with Crippen LogP contribution >= 0.6 is 11.8 Å². The summed E-state index contributed by atoms with van der Waals surface area (Å²) in [4.78, 5) is 0. The first-order valence-corrected chi connectivity index (χ1v) is 4.39. The summed E-state index contributed by atoms with van der Waals surface area (Å²) in [5.74, 6) is 3.04. The SMILES string of the molecule is CCSCCc1nn[nH]n1. The van der Waals surface area contributed by atoms with Crippen LogP contribution in [0.2, 0.25) is 0 Å². The summed E-state index contributed by atoms with van der Waals surface area (Å²) in [7, 11) is 0. The molecule has 0 amide bonds. The number of nitrogens with one attached hydrogen (secondary N) is 1. The molecule has 10 heavy (non-hydrogen) atoms. The molecular weight excluding hydrogens is 148 g/mol. The van der Waals surface area contributed by atoms with Gasteiger partial charge in [-0.15, -0.1) is 10.2 Å². The van der Waals surface area contributed by atoms with E-state index in [0.29, 0.717) is 0 Å². The predicted molar refractivity (Wildman–Crippen MR) is 40.9 cm³/mol. The van der Waals surface area contributed by atoms with Gasteiger partial charge in [0.25, 0.3) is 0 Å². The second-order valence-corrected chi connectivity index (χ2v) is 3.17. The van der Waals surface area contributed by atoms with Gasteiger partial charge < -0.3 is 0 Å². The third kappa shape index (κ3) is 2.34. The molecular formula is C5H10N4S. The van der Waals surface area contributed by atoms with Gasteiger partial charge in [-0.1, -0.05) is 12.1 Å². The number of thioether (sulfide) groups is 1. The number of tetrazole rings is 1. The molecule has 0 aliphatic carbocycles. The van der Waals surface area contributed by atoms with Crippen LogP contribution in [0, 0.1) is 0 Å². The van der Waals surface area contributed by atoms with E-state index in [9.17, 15) is 0 Å². The maximum atomic E-state index is 3.83. The van der Waals surface area contributed by atoms with E-state index in [0.717, 1.165) is 23.8 Å². The van der Waals surface area contributed by atoms with Crippen molar-refractivity contribution in [2.75, 3.05) is 11.5 Å². The zero-order chi connectivity index (χ0) is 7.23. The monoisotopic (exact) mass is 158 g/mol. The van der Waals surface area contributed by atoms with Gasteiger partial charge in [0.2, 0.25) is 0 Å². The van der Waals surface area contributed by atoms with Gasteiger partial charge in [0.05, 0.1) is 0 Å². The van der Waals surface area contributed by atoms with E-state index in [1.165, 1.54) is 0 Å². The first kappa shape index (κ1) is 7.53. The van der Waals surface area contributed by atoms with Gasteiger partial charge in [0.1, 0.15) is 0 Å². The largest absolute Gasteiger partial charge is 0.177 e. The van der Waals surface area contributed by atoms with Gasteiger partial charge in [-0.3, -0.25) is 0 Å². The number of hydrogen-bond acceptors (Lipinski definition) is 4. The highest BCUT2D eigenvalue weighted by Crippen LogP contribution is 2.00. The topological polar surface area (TPSA) is 54.5 Å². The standard InChI is InChI=1S/C5H10N4S/c1-2-10-4-3-5-6-8-9-7-5/h2-4H2,1H3,(H,6,7,8,9). The fourth-order valence-corrected chi connectivity index (χ4v) is 1.21. The number of aromatic amines is 1. The van der Waals surface area contributed by atoms with Crippen molar-refractivity contribution in [2.24, 2.45) is 0 Å². The van der Waals surface area contributed by atoms with E-state index in [1.807, 2.05) is 11.8 Å². The van der Waals surface area contributed by atoms with Crippen LogP contribution in [0.15, 0.2) is 0 Å². The summed E-state index contributed by atoms with van der Waals surface area (Å²) in [6.45, 7) is 2.14. The number of aromatic nitrogens is 4. The van der Waals surface area contributed by atoms with Crippen molar-refractivity contribution in [2.45, 2.75) is 13.3 Å². The van der Waals surface area contributed by atoms with Crippen LogP contribution in [0.25, 0.3) is 0 Å². The summed E-state index contributed by atoms with van der Waals surface area (Å²) in [6.07, 6.45) is 0.912. The molecule has 1 N–H and O–H groups in total. The molecule has 1 rings (SSSR count). The maximum absolute atomic E-state index is 3.83. The maximum Gasteiger partial charge on any atom is 0.175 e.